The number of hydrogen-bond donors (Lipinski definition) is 0. The van der Waals surface area contributed by atoms with Crippen LogP contribution in [0.5, 0.6) is 0 Å². The van der Waals surface area contributed by atoms with Gasteiger partial charge >= 0.3 is 0 Å². The fourth-order valence-corrected chi connectivity index (χ4v) is 4.06. The third-order valence-corrected chi connectivity index (χ3v) is 5.48. The van der Waals surface area contributed by atoms with Crippen molar-refractivity contribution in [3.8, 4) is 28.5 Å². The van der Waals surface area contributed by atoms with Crippen LogP contribution in [-0.4, -0.2) is 0 Å². The zero-order chi connectivity index (χ0) is 20.0. The Morgan fingerprint density at radius 3 is 2.45 bits per heavy atom. The van der Waals surface area contributed by atoms with Gasteiger partial charge in [0.15, 0.2) is 11.8 Å². The van der Waals surface area contributed by atoms with Crippen LogP contribution >= 0.6 is 0 Å². The first-order valence-electron chi connectivity index (χ1n) is 9.58. The zero-order valence-corrected chi connectivity index (χ0v) is 16.3. The van der Waals surface area contributed by atoms with Crippen LogP contribution in [0.4, 0.5) is 0 Å². The molecule has 0 bridgehead atoms. The van der Waals surface area contributed by atoms with Crippen LogP contribution < -0.4 is 4.57 Å². The molecule has 2 aromatic heterocycles. The molecule has 0 aliphatic heterocycles. The van der Waals surface area contributed by atoms with Gasteiger partial charge < -0.3 is 4.42 Å². The van der Waals surface area contributed by atoms with Crippen molar-refractivity contribution in [1.82, 2.24) is 0 Å². The zero-order valence-electron chi connectivity index (χ0n) is 16.3. The molecule has 0 spiro atoms. The lowest BCUT2D eigenvalue weighted by Crippen LogP contribution is -2.30. The van der Waals surface area contributed by atoms with Crippen LogP contribution in [0, 0.1) is 18.3 Å². The summed E-state index contributed by atoms with van der Waals surface area (Å²) in [6, 6.07) is 26.9. The van der Waals surface area contributed by atoms with Gasteiger partial charge in [-0.25, -0.2) is 4.57 Å². The first-order chi connectivity index (χ1) is 14.2. The summed E-state index contributed by atoms with van der Waals surface area (Å²) in [6.45, 7) is 2.04. The molecule has 29 heavy (non-hydrogen) atoms. The van der Waals surface area contributed by atoms with E-state index in [-0.39, 0.29) is 0 Å². The highest BCUT2D eigenvalue weighted by Gasteiger charge is 2.23. The molecule has 0 saturated carbocycles. The molecule has 3 nitrogen and oxygen atoms in total. The summed E-state index contributed by atoms with van der Waals surface area (Å²) in [5, 5.41) is 11.6. The van der Waals surface area contributed by atoms with Gasteiger partial charge in [0.1, 0.15) is 12.6 Å². The number of aromatic nitrogens is 1. The van der Waals surface area contributed by atoms with Gasteiger partial charge in [0.05, 0.1) is 17.2 Å². The van der Waals surface area contributed by atoms with Crippen molar-refractivity contribution in [3.05, 3.63) is 90.1 Å². The van der Waals surface area contributed by atoms with E-state index in [2.05, 4.69) is 41.1 Å². The highest BCUT2D eigenvalue weighted by Crippen LogP contribution is 2.39. The van der Waals surface area contributed by atoms with E-state index >= 15 is 0 Å². The number of para-hydroxylation sites is 1. The fourth-order valence-electron chi connectivity index (χ4n) is 4.06. The monoisotopic (exact) mass is 375 g/mol. The topological polar surface area (TPSA) is 40.8 Å². The smallest absolute Gasteiger partial charge is 0.216 e. The van der Waals surface area contributed by atoms with Crippen molar-refractivity contribution in [2.75, 3.05) is 0 Å². The average Bonchev–Trinajstić information content (AvgIpc) is 3.14. The lowest BCUT2D eigenvalue weighted by atomic mass is 9.95. The molecule has 0 saturated heterocycles. The maximum atomic E-state index is 9.75. The standard InChI is InChI=1S/C26H19N2O/c1-17-14-20(16-27)25-21-10-6-7-11-23(21)29-26(25)24(17)22-15-19(12-13-28(22)2)18-8-4-3-5-9-18/h3-15H,1-2H3/q+1. The van der Waals surface area contributed by atoms with Crippen molar-refractivity contribution < 1.29 is 8.98 Å². The van der Waals surface area contributed by atoms with E-state index < -0.39 is 0 Å². The van der Waals surface area contributed by atoms with Crippen molar-refractivity contribution in [2.24, 2.45) is 7.05 Å². The molecule has 0 N–H and O–H groups in total. The van der Waals surface area contributed by atoms with E-state index in [0.717, 1.165) is 44.3 Å². The maximum Gasteiger partial charge on any atom is 0.216 e. The second kappa shape index (κ2) is 6.61. The first-order valence-corrected chi connectivity index (χ1v) is 9.58. The predicted molar refractivity (Wildman–Crippen MR) is 115 cm³/mol. The van der Waals surface area contributed by atoms with Gasteiger partial charge in [0.25, 0.3) is 0 Å². The second-order valence-electron chi connectivity index (χ2n) is 7.31. The number of nitriles is 1. The minimum Gasteiger partial charge on any atom is -0.455 e. The summed E-state index contributed by atoms with van der Waals surface area (Å²) in [4.78, 5) is 0. The maximum absolute atomic E-state index is 9.75. The summed E-state index contributed by atoms with van der Waals surface area (Å²) in [7, 11) is 2.04. The molecule has 0 aliphatic carbocycles. The summed E-state index contributed by atoms with van der Waals surface area (Å²) in [6.07, 6.45) is 2.07. The van der Waals surface area contributed by atoms with E-state index in [4.69, 9.17) is 4.42 Å². The number of rotatable bonds is 2. The van der Waals surface area contributed by atoms with Crippen molar-refractivity contribution >= 4 is 21.9 Å². The Kier molecular flexibility index (Phi) is 3.93. The van der Waals surface area contributed by atoms with Gasteiger partial charge in [0.2, 0.25) is 5.69 Å². The molecule has 2 heterocycles. The Labute approximate surface area is 169 Å². The number of hydrogen-bond acceptors (Lipinski definition) is 2. The molecule has 138 valence electrons. The molecule has 5 aromatic rings. The van der Waals surface area contributed by atoms with Gasteiger partial charge in [-0.3, -0.25) is 0 Å². The highest BCUT2D eigenvalue weighted by molar-refractivity contribution is 6.12. The van der Waals surface area contributed by atoms with Crippen molar-refractivity contribution in [2.45, 2.75) is 6.92 Å². The van der Waals surface area contributed by atoms with E-state index in [9.17, 15) is 5.26 Å². The minimum absolute atomic E-state index is 0.646. The number of benzene rings is 3. The summed E-state index contributed by atoms with van der Waals surface area (Å²) in [5.41, 5.74) is 7.62. The Balaban J connectivity index is 1.87. The highest BCUT2D eigenvalue weighted by atomic mass is 16.3. The normalized spacial score (nSPS) is 11.1. The minimum atomic E-state index is 0.646. The van der Waals surface area contributed by atoms with Crippen LogP contribution in [0.15, 0.2) is 83.4 Å². The number of aryl methyl sites for hydroxylation is 2. The molecular formula is C26H19N2O+. The molecule has 3 heteroatoms. The molecule has 0 aliphatic rings. The van der Waals surface area contributed by atoms with Gasteiger partial charge in [-0.15, -0.1) is 0 Å². The number of nitrogens with zero attached hydrogens (tertiary/aromatic N) is 2. The molecule has 5 rings (SSSR count). The summed E-state index contributed by atoms with van der Waals surface area (Å²) in [5.74, 6) is 0. The summed E-state index contributed by atoms with van der Waals surface area (Å²) < 4.78 is 8.40. The van der Waals surface area contributed by atoms with Crippen LogP contribution in [0.3, 0.4) is 0 Å². The molecule has 0 radical (unpaired) electrons. The van der Waals surface area contributed by atoms with Crippen molar-refractivity contribution in [1.29, 1.82) is 5.26 Å². The summed E-state index contributed by atoms with van der Waals surface area (Å²) >= 11 is 0. The van der Waals surface area contributed by atoms with Gasteiger partial charge in [-0.05, 0) is 35.7 Å². The number of pyridine rings is 1. The molecule has 0 atom stereocenters. The lowest BCUT2D eigenvalue weighted by molar-refractivity contribution is -0.660. The molecule has 0 fully saturated rings. The molecule has 3 aromatic carbocycles. The average molecular weight is 375 g/mol. The Morgan fingerprint density at radius 1 is 0.897 bits per heavy atom. The van der Waals surface area contributed by atoms with Crippen LogP contribution in [0.2, 0.25) is 0 Å². The Morgan fingerprint density at radius 2 is 1.66 bits per heavy atom. The van der Waals surface area contributed by atoms with Gasteiger partial charge in [-0.2, -0.15) is 5.26 Å². The van der Waals surface area contributed by atoms with Gasteiger partial charge in [-0.1, -0.05) is 48.5 Å². The molecular weight excluding hydrogens is 356 g/mol. The number of furan rings is 1. The third kappa shape index (κ3) is 2.69. The van der Waals surface area contributed by atoms with E-state index in [1.165, 1.54) is 5.56 Å². The fraction of sp³-hybridized carbons (Fsp3) is 0.0769. The van der Waals surface area contributed by atoms with Crippen LogP contribution in [0.1, 0.15) is 11.1 Å². The third-order valence-electron chi connectivity index (χ3n) is 5.48. The lowest BCUT2D eigenvalue weighted by Gasteiger charge is -2.09. The van der Waals surface area contributed by atoms with E-state index in [1.54, 1.807) is 0 Å². The first kappa shape index (κ1) is 17.2. The van der Waals surface area contributed by atoms with E-state index in [0.29, 0.717) is 5.56 Å². The SMILES string of the molecule is Cc1cc(C#N)c2c(oc3ccccc32)c1-c1cc(-c2ccccc2)cc[n+]1C. The van der Waals surface area contributed by atoms with Crippen LogP contribution in [-0.2, 0) is 7.05 Å². The quantitative estimate of drug-likeness (QED) is 0.359. The number of fused-ring (bicyclic) bond motifs is 3. The largest absolute Gasteiger partial charge is 0.455 e. The Bertz CT molecular complexity index is 1420. The molecule has 0 amide bonds. The van der Waals surface area contributed by atoms with Crippen LogP contribution in [0.25, 0.3) is 44.3 Å². The molecule has 0 unspecified atom stereocenters. The van der Waals surface area contributed by atoms with E-state index in [1.807, 2.05) is 62.5 Å². The van der Waals surface area contributed by atoms with Gasteiger partial charge in [0, 0.05) is 22.9 Å². The predicted octanol–water partition coefficient (Wildman–Crippen LogP) is 5.92. The second-order valence-corrected chi connectivity index (χ2v) is 7.31. The Hall–Kier alpha value is -3.90. The van der Waals surface area contributed by atoms with Crippen molar-refractivity contribution in [3.63, 3.8) is 0 Å².